The van der Waals surface area contributed by atoms with E-state index in [4.69, 9.17) is 0 Å². The molecule has 3 N–H and O–H groups in total. The molecule has 1 aliphatic heterocycles. The number of nitrogens with one attached hydrogen (secondary N) is 3. The van der Waals surface area contributed by atoms with Gasteiger partial charge in [0.05, 0.1) is 12.2 Å². The molecule has 0 unspecified atom stereocenters. The van der Waals surface area contributed by atoms with Gasteiger partial charge in [0.1, 0.15) is 0 Å². The van der Waals surface area contributed by atoms with Crippen LogP contribution in [0.2, 0.25) is 0 Å². The first kappa shape index (κ1) is 16.1. The molecular formula is C18H18N6O2. The Morgan fingerprint density at radius 3 is 3.04 bits per heavy atom. The van der Waals surface area contributed by atoms with Gasteiger partial charge < -0.3 is 10.6 Å². The lowest BCUT2D eigenvalue weighted by molar-refractivity contribution is 0.0950. The van der Waals surface area contributed by atoms with Crippen LogP contribution in [0.5, 0.6) is 0 Å². The molecule has 1 saturated heterocycles. The fourth-order valence-electron chi connectivity index (χ4n) is 3.05. The van der Waals surface area contributed by atoms with E-state index in [1.165, 1.54) is 0 Å². The molecule has 3 amide bonds. The lowest BCUT2D eigenvalue weighted by Gasteiger charge is -2.18. The van der Waals surface area contributed by atoms with Crippen molar-refractivity contribution >= 4 is 28.7 Å². The van der Waals surface area contributed by atoms with Crippen LogP contribution in [0.4, 0.5) is 10.5 Å². The molecule has 3 aromatic rings. The van der Waals surface area contributed by atoms with E-state index >= 15 is 0 Å². The molecule has 0 bridgehead atoms. The molecule has 0 aliphatic carbocycles. The number of nitrogens with zero attached hydrogens (tertiary/aromatic N) is 3. The number of anilines is 1. The van der Waals surface area contributed by atoms with Gasteiger partial charge in [-0.3, -0.25) is 14.8 Å². The number of H-pyrrole nitrogens is 1. The number of urea groups is 1. The van der Waals surface area contributed by atoms with Gasteiger partial charge in [0.15, 0.2) is 5.65 Å². The van der Waals surface area contributed by atoms with Gasteiger partial charge in [-0.15, -0.1) is 0 Å². The Kier molecular flexibility index (Phi) is 4.00. The van der Waals surface area contributed by atoms with Gasteiger partial charge in [0.2, 0.25) is 0 Å². The molecular weight excluding hydrogens is 332 g/mol. The first-order valence-corrected chi connectivity index (χ1v) is 8.35. The lowest BCUT2D eigenvalue weighted by atomic mass is 10.1. The first-order chi connectivity index (χ1) is 12.6. The largest absolute Gasteiger partial charge is 0.346 e. The number of hydrogen-bond donors (Lipinski definition) is 3. The highest BCUT2D eigenvalue weighted by molar-refractivity contribution is 5.99. The van der Waals surface area contributed by atoms with E-state index in [0.717, 1.165) is 22.3 Å². The molecule has 8 nitrogen and oxygen atoms in total. The first-order valence-electron chi connectivity index (χ1n) is 8.35. The Bertz CT molecular complexity index is 996. The summed E-state index contributed by atoms with van der Waals surface area (Å²) >= 11 is 0. The van der Waals surface area contributed by atoms with Crippen molar-refractivity contribution in [3.8, 4) is 0 Å². The minimum absolute atomic E-state index is 0.137. The van der Waals surface area contributed by atoms with Crippen LogP contribution in [0.25, 0.3) is 11.0 Å². The summed E-state index contributed by atoms with van der Waals surface area (Å²) in [6, 6.07) is 8.96. The Labute approximate surface area is 149 Å². The predicted molar refractivity (Wildman–Crippen MR) is 97.0 cm³/mol. The summed E-state index contributed by atoms with van der Waals surface area (Å²) in [6.45, 7) is 3.44. The number of hydrogen-bond acceptors (Lipinski definition) is 4. The van der Waals surface area contributed by atoms with E-state index in [0.29, 0.717) is 30.8 Å². The second kappa shape index (κ2) is 6.47. The highest BCUT2D eigenvalue weighted by atomic mass is 16.2. The Hall–Kier alpha value is -3.42. The van der Waals surface area contributed by atoms with Gasteiger partial charge in [0, 0.05) is 35.9 Å². The van der Waals surface area contributed by atoms with E-state index < -0.39 is 0 Å². The summed E-state index contributed by atoms with van der Waals surface area (Å²) in [5, 5.41) is 13.6. The number of carbonyl (C=O) groups is 2. The lowest BCUT2D eigenvalue weighted by Crippen LogP contribution is -2.29. The second-order valence-electron chi connectivity index (χ2n) is 6.14. The Morgan fingerprint density at radius 1 is 1.35 bits per heavy atom. The molecule has 0 saturated carbocycles. The number of carbonyl (C=O) groups excluding carboxylic acids is 2. The summed E-state index contributed by atoms with van der Waals surface area (Å²) in [4.78, 5) is 30.3. The van der Waals surface area contributed by atoms with Crippen LogP contribution in [-0.2, 0) is 6.54 Å². The number of fused-ring (bicyclic) bond motifs is 1. The van der Waals surface area contributed by atoms with E-state index in [1.807, 2.05) is 25.1 Å². The fourth-order valence-corrected chi connectivity index (χ4v) is 3.05. The van der Waals surface area contributed by atoms with Gasteiger partial charge in [-0.25, -0.2) is 9.78 Å². The molecule has 132 valence electrons. The third-order valence-corrected chi connectivity index (χ3v) is 4.45. The summed E-state index contributed by atoms with van der Waals surface area (Å²) in [6.07, 6.45) is 1.67. The molecule has 2 aromatic heterocycles. The van der Waals surface area contributed by atoms with Crippen LogP contribution < -0.4 is 15.5 Å². The van der Waals surface area contributed by atoms with Crippen molar-refractivity contribution in [2.45, 2.75) is 13.5 Å². The topological polar surface area (TPSA) is 103 Å². The van der Waals surface area contributed by atoms with Gasteiger partial charge in [0.25, 0.3) is 5.91 Å². The molecule has 0 spiro atoms. The minimum atomic E-state index is -0.211. The molecule has 1 aliphatic rings. The normalized spacial score (nSPS) is 13.9. The van der Waals surface area contributed by atoms with Crippen LogP contribution in [0.15, 0.2) is 36.5 Å². The Balaban J connectivity index is 1.52. The number of rotatable bonds is 4. The highest BCUT2D eigenvalue weighted by Gasteiger charge is 2.23. The Morgan fingerprint density at radius 2 is 2.23 bits per heavy atom. The van der Waals surface area contributed by atoms with Crippen molar-refractivity contribution in [2.24, 2.45) is 0 Å². The summed E-state index contributed by atoms with van der Waals surface area (Å²) in [5.41, 5.74) is 3.63. The van der Waals surface area contributed by atoms with Crippen molar-refractivity contribution in [3.63, 3.8) is 0 Å². The molecule has 3 heterocycles. The van der Waals surface area contributed by atoms with E-state index in [-0.39, 0.29) is 11.9 Å². The van der Waals surface area contributed by atoms with Crippen molar-refractivity contribution < 1.29 is 9.59 Å². The average Bonchev–Trinajstić information content (AvgIpc) is 3.26. The maximum atomic E-state index is 12.6. The van der Waals surface area contributed by atoms with Gasteiger partial charge in [-0.1, -0.05) is 6.07 Å². The van der Waals surface area contributed by atoms with Crippen molar-refractivity contribution in [1.29, 1.82) is 0 Å². The molecule has 1 aromatic carbocycles. The van der Waals surface area contributed by atoms with Gasteiger partial charge in [-0.05, 0) is 36.8 Å². The van der Waals surface area contributed by atoms with Crippen LogP contribution in [0, 0.1) is 6.92 Å². The third kappa shape index (κ3) is 2.85. The number of aromatic amines is 1. The minimum Gasteiger partial charge on any atom is -0.346 e. The average molecular weight is 350 g/mol. The zero-order chi connectivity index (χ0) is 18.1. The highest BCUT2D eigenvalue weighted by Crippen LogP contribution is 2.23. The zero-order valence-corrected chi connectivity index (χ0v) is 14.2. The summed E-state index contributed by atoms with van der Waals surface area (Å²) in [7, 11) is 0. The number of pyridine rings is 1. The quantitative estimate of drug-likeness (QED) is 0.667. The molecule has 4 rings (SSSR count). The van der Waals surface area contributed by atoms with Crippen LogP contribution in [-0.4, -0.2) is 40.2 Å². The fraction of sp³-hybridized carbons (Fsp3) is 0.222. The van der Waals surface area contributed by atoms with E-state index in [2.05, 4.69) is 25.8 Å². The maximum Gasteiger partial charge on any atom is 0.322 e. The third-order valence-electron chi connectivity index (χ3n) is 4.45. The van der Waals surface area contributed by atoms with Crippen LogP contribution in [0.3, 0.4) is 0 Å². The SMILES string of the molecule is Cc1ccc(C(=O)NCc2[nH]nc3ncccc23)cc1N1CCNC1=O. The molecule has 8 heteroatoms. The molecule has 26 heavy (non-hydrogen) atoms. The van der Waals surface area contributed by atoms with Gasteiger partial charge in [-0.2, -0.15) is 5.10 Å². The van der Waals surface area contributed by atoms with E-state index in [9.17, 15) is 9.59 Å². The van der Waals surface area contributed by atoms with Crippen molar-refractivity contribution in [1.82, 2.24) is 25.8 Å². The number of benzene rings is 1. The van der Waals surface area contributed by atoms with Crippen molar-refractivity contribution in [2.75, 3.05) is 18.0 Å². The maximum absolute atomic E-state index is 12.6. The van der Waals surface area contributed by atoms with Gasteiger partial charge >= 0.3 is 6.03 Å². The van der Waals surface area contributed by atoms with Crippen molar-refractivity contribution in [3.05, 3.63) is 53.3 Å². The molecule has 0 atom stereocenters. The second-order valence-corrected chi connectivity index (χ2v) is 6.14. The summed E-state index contributed by atoms with van der Waals surface area (Å²) < 4.78 is 0. The molecule has 0 radical (unpaired) electrons. The van der Waals surface area contributed by atoms with E-state index in [1.54, 1.807) is 23.2 Å². The zero-order valence-electron chi connectivity index (χ0n) is 14.2. The standard InChI is InChI=1S/C18H18N6O2/c1-11-4-5-12(9-15(11)24-8-7-20-18(24)26)17(25)21-10-14-13-3-2-6-19-16(13)23-22-14/h2-6,9H,7-8,10H2,1H3,(H,20,26)(H,21,25)(H,19,22,23). The summed E-state index contributed by atoms with van der Waals surface area (Å²) in [5.74, 6) is -0.211. The molecule has 1 fully saturated rings. The van der Waals surface area contributed by atoms with Crippen LogP contribution in [0.1, 0.15) is 21.6 Å². The smallest absolute Gasteiger partial charge is 0.322 e. The monoisotopic (exact) mass is 350 g/mol. The van der Waals surface area contributed by atoms with Crippen LogP contribution >= 0.6 is 0 Å². The number of amides is 3. The predicted octanol–water partition coefficient (Wildman–Crippen LogP) is 1.73. The number of aryl methyl sites for hydroxylation is 1. The number of aromatic nitrogens is 3.